The van der Waals surface area contributed by atoms with E-state index in [0.29, 0.717) is 13.1 Å². The summed E-state index contributed by atoms with van der Waals surface area (Å²) in [7, 11) is 0. The maximum Gasteiger partial charge on any atom is 0.410 e. The summed E-state index contributed by atoms with van der Waals surface area (Å²) >= 11 is 0. The Morgan fingerprint density at radius 3 is 2.56 bits per heavy atom. The van der Waals surface area contributed by atoms with E-state index in [9.17, 15) is 9.18 Å². The number of terminal acetylenes is 1. The number of nitrogens with zero attached hydrogens (tertiary/aromatic N) is 1. The van der Waals surface area contributed by atoms with Crippen molar-refractivity contribution in [2.45, 2.75) is 26.4 Å². The van der Waals surface area contributed by atoms with E-state index < -0.39 is 18.4 Å². The highest BCUT2D eigenvalue weighted by molar-refractivity contribution is 5.68. The molecule has 16 heavy (non-hydrogen) atoms. The van der Waals surface area contributed by atoms with Gasteiger partial charge < -0.3 is 9.64 Å². The number of hydrogen-bond acceptors (Lipinski definition) is 2. The smallest absolute Gasteiger partial charge is 0.410 e. The van der Waals surface area contributed by atoms with Gasteiger partial charge in [-0.1, -0.05) is 0 Å². The lowest BCUT2D eigenvalue weighted by atomic mass is 9.99. The molecule has 4 heteroatoms. The van der Waals surface area contributed by atoms with Gasteiger partial charge in [-0.15, -0.1) is 12.3 Å². The van der Waals surface area contributed by atoms with Gasteiger partial charge in [0.1, 0.15) is 5.60 Å². The number of likely N-dealkylation sites (tertiary alicyclic amines) is 1. The first kappa shape index (κ1) is 12.8. The molecule has 0 unspecified atom stereocenters. The number of carbonyl (C=O) groups is 1. The average molecular weight is 227 g/mol. The molecule has 0 radical (unpaired) electrons. The Bertz CT molecular complexity index is 303. The number of ether oxygens (including phenoxy) is 1. The molecule has 90 valence electrons. The highest BCUT2D eigenvalue weighted by Crippen LogP contribution is 2.24. The van der Waals surface area contributed by atoms with Crippen LogP contribution in [0.1, 0.15) is 20.8 Å². The summed E-state index contributed by atoms with van der Waals surface area (Å²) in [6.45, 7) is 5.64. The minimum Gasteiger partial charge on any atom is -0.444 e. The first-order valence-corrected chi connectivity index (χ1v) is 5.37. The van der Waals surface area contributed by atoms with Gasteiger partial charge in [0, 0.05) is 24.9 Å². The molecular weight excluding hydrogens is 209 g/mol. The number of hydrogen-bond donors (Lipinski definition) is 0. The van der Waals surface area contributed by atoms with Crippen molar-refractivity contribution in [3.63, 3.8) is 0 Å². The fourth-order valence-corrected chi connectivity index (χ4v) is 1.69. The summed E-state index contributed by atoms with van der Waals surface area (Å²) in [6.07, 6.45) is 4.88. The maximum atomic E-state index is 12.6. The van der Waals surface area contributed by atoms with Crippen molar-refractivity contribution in [1.29, 1.82) is 0 Å². The predicted molar refractivity (Wildman–Crippen MR) is 59.6 cm³/mol. The van der Waals surface area contributed by atoms with E-state index in [-0.39, 0.29) is 11.8 Å². The van der Waals surface area contributed by atoms with Crippen LogP contribution in [0.25, 0.3) is 0 Å². The fraction of sp³-hybridized carbons (Fsp3) is 0.750. The first-order valence-electron chi connectivity index (χ1n) is 5.37. The molecule has 1 aliphatic heterocycles. The Hall–Kier alpha value is -1.24. The Balaban J connectivity index is 2.58. The molecule has 0 aromatic carbocycles. The largest absolute Gasteiger partial charge is 0.444 e. The van der Waals surface area contributed by atoms with Crippen LogP contribution in [0.2, 0.25) is 0 Å². The van der Waals surface area contributed by atoms with Crippen LogP contribution in [0, 0.1) is 24.2 Å². The molecule has 3 nitrogen and oxygen atoms in total. The molecule has 2 atom stereocenters. The average Bonchev–Trinajstić information content (AvgIpc) is 2.57. The summed E-state index contributed by atoms with van der Waals surface area (Å²) in [4.78, 5) is 13.2. The molecule has 0 N–H and O–H groups in total. The minimum absolute atomic E-state index is 0.197. The standard InChI is InChI=1S/C12H18FNO2/c1-5-9-7-14(8-10(9)6-13)11(15)16-12(2,3)4/h1,9-10H,6-8H2,2-4H3/t9-,10+/m1/s1. The van der Waals surface area contributed by atoms with Gasteiger partial charge in [-0.25, -0.2) is 4.79 Å². The second-order valence-electron chi connectivity index (χ2n) is 5.07. The molecule has 1 rings (SSSR count). The third-order valence-electron chi connectivity index (χ3n) is 2.50. The van der Waals surface area contributed by atoms with E-state index in [1.165, 1.54) is 4.90 Å². The van der Waals surface area contributed by atoms with Crippen molar-refractivity contribution in [3.8, 4) is 12.3 Å². The third kappa shape index (κ3) is 3.13. The lowest BCUT2D eigenvalue weighted by molar-refractivity contribution is 0.0285. The van der Waals surface area contributed by atoms with E-state index in [1.54, 1.807) is 20.8 Å². The number of amides is 1. The van der Waals surface area contributed by atoms with Gasteiger partial charge in [0.2, 0.25) is 0 Å². The lowest BCUT2D eigenvalue weighted by Gasteiger charge is -2.24. The van der Waals surface area contributed by atoms with Crippen LogP contribution in [-0.4, -0.2) is 36.4 Å². The van der Waals surface area contributed by atoms with Crippen LogP contribution in [0.5, 0.6) is 0 Å². The van der Waals surface area contributed by atoms with Gasteiger partial charge in [-0.05, 0) is 20.8 Å². The fourth-order valence-electron chi connectivity index (χ4n) is 1.69. The van der Waals surface area contributed by atoms with Gasteiger partial charge >= 0.3 is 6.09 Å². The molecule has 1 heterocycles. The zero-order valence-corrected chi connectivity index (χ0v) is 10.00. The normalized spacial score (nSPS) is 25.3. The van der Waals surface area contributed by atoms with Crippen molar-refractivity contribution in [3.05, 3.63) is 0 Å². The molecule has 0 spiro atoms. The molecule has 0 aromatic heterocycles. The van der Waals surface area contributed by atoms with Crippen LogP contribution in [0.15, 0.2) is 0 Å². The first-order chi connectivity index (χ1) is 7.37. The topological polar surface area (TPSA) is 29.5 Å². The van der Waals surface area contributed by atoms with Crippen LogP contribution >= 0.6 is 0 Å². The zero-order chi connectivity index (χ0) is 12.3. The highest BCUT2D eigenvalue weighted by Gasteiger charge is 2.36. The highest BCUT2D eigenvalue weighted by atomic mass is 19.1. The number of carbonyl (C=O) groups excluding carboxylic acids is 1. The number of rotatable bonds is 1. The summed E-state index contributed by atoms with van der Waals surface area (Å²) in [5.74, 6) is 2.07. The second-order valence-corrected chi connectivity index (χ2v) is 5.07. The van der Waals surface area contributed by atoms with E-state index in [1.807, 2.05) is 0 Å². The predicted octanol–water partition coefficient (Wildman–Crippen LogP) is 2.07. The number of halogens is 1. The third-order valence-corrected chi connectivity index (χ3v) is 2.50. The van der Waals surface area contributed by atoms with Gasteiger partial charge in [-0.3, -0.25) is 4.39 Å². The van der Waals surface area contributed by atoms with Gasteiger partial charge in [0.25, 0.3) is 0 Å². The minimum atomic E-state index is -0.531. The molecule has 1 amide bonds. The molecule has 0 bridgehead atoms. The van der Waals surface area contributed by atoms with E-state index >= 15 is 0 Å². The number of alkyl halides is 1. The monoisotopic (exact) mass is 227 g/mol. The Morgan fingerprint density at radius 2 is 2.19 bits per heavy atom. The Labute approximate surface area is 95.9 Å². The van der Waals surface area contributed by atoms with Crippen LogP contribution < -0.4 is 0 Å². The lowest BCUT2D eigenvalue weighted by Crippen LogP contribution is -2.35. The van der Waals surface area contributed by atoms with E-state index in [2.05, 4.69) is 5.92 Å². The SMILES string of the molecule is C#C[C@@H]1CN(C(=O)OC(C)(C)C)C[C@@H]1CF. The van der Waals surface area contributed by atoms with E-state index in [0.717, 1.165) is 0 Å². The van der Waals surface area contributed by atoms with Crippen molar-refractivity contribution in [2.75, 3.05) is 19.8 Å². The molecule has 0 saturated carbocycles. The van der Waals surface area contributed by atoms with Gasteiger partial charge in [-0.2, -0.15) is 0 Å². The van der Waals surface area contributed by atoms with Gasteiger partial charge in [0.15, 0.2) is 0 Å². The van der Waals surface area contributed by atoms with Crippen LogP contribution in [-0.2, 0) is 4.74 Å². The quantitative estimate of drug-likeness (QED) is 0.642. The van der Waals surface area contributed by atoms with Gasteiger partial charge in [0.05, 0.1) is 6.67 Å². The van der Waals surface area contributed by atoms with Crippen LogP contribution in [0.4, 0.5) is 9.18 Å². The van der Waals surface area contributed by atoms with Crippen molar-refractivity contribution < 1.29 is 13.9 Å². The van der Waals surface area contributed by atoms with E-state index in [4.69, 9.17) is 11.2 Å². The van der Waals surface area contributed by atoms with Crippen LogP contribution in [0.3, 0.4) is 0 Å². The summed E-state index contributed by atoms with van der Waals surface area (Å²) in [5.41, 5.74) is -0.531. The van der Waals surface area contributed by atoms with Crippen molar-refractivity contribution in [1.82, 2.24) is 4.90 Å². The second kappa shape index (κ2) is 4.73. The molecular formula is C12H18FNO2. The van der Waals surface area contributed by atoms with Crippen molar-refractivity contribution in [2.24, 2.45) is 11.8 Å². The summed E-state index contributed by atoms with van der Waals surface area (Å²) < 4.78 is 17.8. The molecule has 0 aliphatic carbocycles. The maximum absolute atomic E-state index is 12.6. The molecule has 1 saturated heterocycles. The molecule has 1 fully saturated rings. The zero-order valence-electron chi connectivity index (χ0n) is 10.00. The summed E-state index contributed by atoms with van der Waals surface area (Å²) in [5, 5.41) is 0. The Morgan fingerprint density at radius 1 is 1.56 bits per heavy atom. The molecule has 1 aliphatic rings. The molecule has 0 aromatic rings. The Kier molecular flexibility index (Phi) is 3.79. The van der Waals surface area contributed by atoms with Crippen molar-refractivity contribution >= 4 is 6.09 Å². The summed E-state index contributed by atoms with van der Waals surface area (Å²) in [6, 6.07) is 0.